The van der Waals surface area contributed by atoms with Gasteiger partial charge >= 0.3 is 0 Å². The number of guanidine groups is 1. The molecule has 1 atom stereocenters. The predicted octanol–water partition coefficient (Wildman–Crippen LogP) is 1.79. The maximum atomic E-state index is 5.91. The van der Waals surface area contributed by atoms with Gasteiger partial charge in [-0.2, -0.15) is 0 Å². The van der Waals surface area contributed by atoms with Crippen LogP contribution in [0.1, 0.15) is 25.3 Å². The first-order chi connectivity index (χ1) is 14.2. The van der Waals surface area contributed by atoms with Crippen LogP contribution in [0.4, 0.5) is 0 Å². The van der Waals surface area contributed by atoms with Crippen LogP contribution in [0.5, 0.6) is 5.75 Å². The molecule has 1 aliphatic rings. The van der Waals surface area contributed by atoms with Crippen molar-refractivity contribution in [2.45, 2.75) is 32.4 Å². The van der Waals surface area contributed by atoms with E-state index in [0.29, 0.717) is 19.2 Å². The van der Waals surface area contributed by atoms with Gasteiger partial charge in [0.05, 0.1) is 6.61 Å². The molecular weight excluding hydrogens is 366 g/mol. The van der Waals surface area contributed by atoms with Gasteiger partial charge in [0, 0.05) is 46.4 Å². The summed E-state index contributed by atoms with van der Waals surface area (Å²) in [6.07, 6.45) is 2.55. The van der Waals surface area contributed by atoms with E-state index in [2.05, 4.69) is 51.5 Å². The summed E-state index contributed by atoms with van der Waals surface area (Å²) in [5.41, 5.74) is 1.18. The number of likely N-dealkylation sites (tertiary alicyclic amines) is 1. The van der Waals surface area contributed by atoms with E-state index in [9.17, 15) is 0 Å². The largest absolute Gasteiger partial charge is 0.492 e. The van der Waals surface area contributed by atoms with Crippen LogP contribution in [0.25, 0.3) is 0 Å². The molecule has 0 aromatic heterocycles. The van der Waals surface area contributed by atoms with Crippen LogP contribution in [-0.2, 0) is 11.3 Å². The topological polar surface area (TPSA) is 61.4 Å². The molecule has 0 radical (unpaired) electrons. The average molecular weight is 406 g/mol. The summed E-state index contributed by atoms with van der Waals surface area (Å²) in [7, 11) is 5.62. The zero-order valence-corrected chi connectivity index (χ0v) is 18.6. The summed E-state index contributed by atoms with van der Waals surface area (Å²) in [6.45, 7) is 9.40. The van der Waals surface area contributed by atoms with E-state index in [4.69, 9.17) is 9.47 Å². The molecule has 2 N–H and O–H groups in total. The van der Waals surface area contributed by atoms with Crippen molar-refractivity contribution in [3.63, 3.8) is 0 Å². The second kappa shape index (κ2) is 13.4. The molecule has 1 aliphatic heterocycles. The normalized spacial score (nSPS) is 17.7. The van der Waals surface area contributed by atoms with E-state index in [1.807, 2.05) is 19.2 Å². The molecule has 0 saturated carbocycles. The first-order valence-electron chi connectivity index (χ1n) is 10.7. The molecule has 0 bridgehead atoms. The molecule has 1 heterocycles. The number of rotatable bonds is 12. The van der Waals surface area contributed by atoms with E-state index in [-0.39, 0.29) is 0 Å². The maximum Gasteiger partial charge on any atom is 0.191 e. The Kier molecular flexibility index (Phi) is 10.8. The highest BCUT2D eigenvalue weighted by molar-refractivity contribution is 5.79. The average Bonchev–Trinajstić information content (AvgIpc) is 3.20. The SMILES string of the molecule is CCN1CCCC1CNC(=NC)NCc1cccc(OCCN(C)CCOC)c1. The van der Waals surface area contributed by atoms with Crippen molar-refractivity contribution < 1.29 is 9.47 Å². The second-order valence-electron chi connectivity index (χ2n) is 7.52. The van der Waals surface area contributed by atoms with Gasteiger partial charge in [0.15, 0.2) is 5.96 Å². The van der Waals surface area contributed by atoms with Crippen molar-refractivity contribution in [1.82, 2.24) is 20.4 Å². The van der Waals surface area contributed by atoms with E-state index < -0.39 is 0 Å². The zero-order chi connectivity index (χ0) is 20.9. The number of nitrogens with zero attached hydrogens (tertiary/aromatic N) is 3. The summed E-state index contributed by atoms with van der Waals surface area (Å²) < 4.78 is 11.0. The molecular formula is C22H39N5O2. The van der Waals surface area contributed by atoms with Gasteiger partial charge in [0.2, 0.25) is 0 Å². The van der Waals surface area contributed by atoms with Crippen LogP contribution < -0.4 is 15.4 Å². The summed E-state index contributed by atoms with van der Waals surface area (Å²) in [4.78, 5) is 9.10. The third-order valence-corrected chi connectivity index (χ3v) is 5.41. The lowest BCUT2D eigenvalue weighted by Crippen LogP contribution is -2.44. The summed E-state index contributed by atoms with van der Waals surface area (Å²) in [5.74, 6) is 1.75. The number of nitrogens with one attached hydrogen (secondary N) is 2. The maximum absolute atomic E-state index is 5.91. The molecule has 1 aromatic carbocycles. The minimum absolute atomic E-state index is 0.609. The number of aliphatic imine (C=N–C) groups is 1. The molecule has 164 valence electrons. The second-order valence-corrected chi connectivity index (χ2v) is 7.52. The molecule has 1 saturated heterocycles. The van der Waals surface area contributed by atoms with Crippen molar-refractivity contribution >= 4 is 5.96 Å². The van der Waals surface area contributed by atoms with Crippen molar-refractivity contribution in [2.24, 2.45) is 4.99 Å². The summed E-state index contributed by atoms with van der Waals surface area (Å²) in [6, 6.07) is 8.84. The molecule has 7 nitrogen and oxygen atoms in total. The smallest absolute Gasteiger partial charge is 0.191 e. The molecule has 1 fully saturated rings. The predicted molar refractivity (Wildman–Crippen MR) is 120 cm³/mol. The number of ether oxygens (including phenoxy) is 2. The number of likely N-dealkylation sites (N-methyl/N-ethyl adjacent to an activating group) is 2. The zero-order valence-electron chi connectivity index (χ0n) is 18.6. The quantitative estimate of drug-likeness (QED) is 0.408. The highest BCUT2D eigenvalue weighted by atomic mass is 16.5. The molecule has 0 amide bonds. The number of hydrogen-bond acceptors (Lipinski definition) is 5. The first kappa shape index (κ1) is 23.4. The Morgan fingerprint density at radius 2 is 2.10 bits per heavy atom. The van der Waals surface area contributed by atoms with Crippen LogP contribution >= 0.6 is 0 Å². The van der Waals surface area contributed by atoms with E-state index in [0.717, 1.165) is 44.5 Å². The molecule has 1 aromatic rings. The van der Waals surface area contributed by atoms with E-state index >= 15 is 0 Å². The van der Waals surface area contributed by atoms with Crippen molar-refractivity contribution in [1.29, 1.82) is 0 Å². The third-order valence-electron chi connectivity index (χ3n) is 5.41. The fourth-order valence-electron chi connectivity index (χ4n) is 3.59. The van der Waals surface area contributed by atoms with Crippen molar-refractivity contribution in [3.8, 4) is 5.75 Å². The minimum Gasteiger partial charge on any atom is -0.492 e. The fraction of sp³-hybridized carbons (Fsp3) is 0.682. The lowest BCUT2D eigenvalue weighted by Gasteiger charge is -2.24. The van der Waals surface area contributed by atoms with E-state index in [1.54, 1.807) is 7.11 Å². The van der Waals surface area contributed by atoms with Crippen LogP contribution in [0.2, 0.25) is 0 Å². The fourth-order valence-corrected chi connectivity index (χ4v) is 3.59. The standard InChI is InChI=1S/C22H39N5O2/c1-5-27-11-7-9-20(27)18-25-22(23-2)24-17-19-8-6-10-21(16-19)29-15-13-26(3)12-14-28-4/h6,8,10,16,20H,5,7,9,11-15,17-18H2,1-4H3,(H2,23,24,25). The highest BCUT2D eigenvalue weighted by Crippen LogP contribution is 2.15. The van der Waals surface area contributed by atoms with Gasteiger partial charge in [-0.05, 0) is 50.7 Å². The van der Waals surface area contributed by atoms with Gasteiger partial charge in [0.25, 0.3) is 0 Å². The molecule has 29 heavy (non-hydrogen) atoms. The van der Waals surface area contributed by atoms with Crippen LogP contribution in [-0.4, -0.2) is 88.9 Å². The lowest BCUT2D eigenvalue weighted by molar-refractivity contribution is 0.150. The number of benzene rings is 1. The van der Waals surface area contributed by atoms with Gasteiger partial charge in [-0.25, -0.2) is 0 Å². The summed E-state index contributed by atoms with van der Waals surface area (Å²) >= 11 is 0. The van der Waals surface area contributed by atoms with Crippen molar-refractivity contribution in [2.75, 3.05) is 67.1 Å². The Labute approximate surface area is 176 Å². The lowest BCUT2D eigenvalue weighted by atomic mass is 10.2. The molecule has 0 aliphatic carbocycles. The third kappa shape index (κ3) is 8.60. The van der Waals surface area contributed by atoms with Crippen LogP contribution in [0.15, 0.2) is 29.3 Å². The Morgan fingerprint density at radius 3 is 2.86 bits per heavy atom. The first-order valence-corrected chi connectivity index (χ1v) is 10.7. The number of hydrogen-bond donors (Lipinski definition) is 2. The molecule has 2 rings (SSSR count). The van der Waals surface area contributed by atoms with Crippen LogP contribution in [0.3, 0.4) is 0 Å². The Bertz CT molecular complexity index is 611. The Balaban J connectivity index is 1.72. The van der Waals surface area contributed by atoms with Gasteiger partial charge in [-0.15, -0.1) is 0 Å². The van der Waals surface area contributed by atoms with Gasteiger partial charge in [-0.3, -0.25) is 9.89 Å². The highest BCUT2D eigenvalue weighted by Gasteiger charge is 2.22. The Morgan fingerprint density at radius 1 is 1.28 bits per heavy atom. The minimum atomic E-state index is 0.609. The van der Waals surface area contributed by atoms with Gasteiger partial charge in [-0.1, -0.05) is 19.1 Å². The van der Waals surface area contributed by atoms with Crippen molar-refractivity contribution in [3.05, 3.63) is 29.8 Å². The Hall–Kier alpha value is -1.83. The number of methoxy groups -OCH3 is 1. The van der Waals surface area contributed by atoms with Gasteiger partial charge in [0.1, 0.15) is 12.4 Å². The van der Waals surface area contributed by atoms with Gasteiger partial charge < -0.3 is 25.0 Å². The molecule has 0 spiro atoms. The molecule has 7 heteroatoms. The summed E-state index contributed by atoms with van der Waals surface area (Å²) in [5, 5.41) is 6.88. The monoisotopic (exact) mass is 405 g/mol. The van der Waals surface area contributed by atoms with E-state index in [1.165, 1.54) is 24.9 Å². The van der Waals surface area contributed by atoms with Crippen LogP contribution in [0, 0.1) is 0 Å². The molecule has 1 unspecified atom stereocenters.